The molecule has 0 spiro atoms. The van der Waals surface area contributed by atoms with Gasteiger partial charge in [-0.3, -0.25) is 0 Å². The average molecular weight is 392 g/mol. The van der Waals surface area contributed by atoms with Crippen molar-refractivity contribution in [2.45, 2.75) is 31.2 Å². The Hall–Kier alpha value is -2.22. The van der Waals surface area contributed by atoms with Gasteiger partial charge in [-0.15, -0.1) is 0 Å². The van der Waals surface area contributed by atoms with Gasteiger partial charge in [-0.25, -0.2) is 13.1 Å². The van der Waals surface area contributed by atoms with Gasteiger partial charge in [0.05, 0.1) is 11.4 Å². The maximum atomic E-state index is 12.3. The van der Waals surface area contributed by atoms with E-state index >= 15 is 0 Å². The third-order valence-electron chi connectivity index (χ3n) is 3.84. The summed E-state index contributed by atoms with van der Waals surface area (Å²) >= 11 is 5.77. The van der Waals surface area contributed by atoms with Crippen LogP contribution in [0.1, 0.15) is 31.2 Å². The Bertz CT molecular complexity index is 981. The van der Waals surface area contributed by atoms with E-state index in [-0.39, 0.29) is 17.3 Å². The van der Waals surface area contributed by atoms with Crippen LogP contribution in [-0.2, 0) is 16.6 Å². The Kier molecular flexibility index (Phi) is 5.41. The molecule has 6 nitrogen and oxygen atoms in total. The quantitative estimate of drug-likeness (QED) is 0.686. The van der Waals surface area contributed by atoms with E-state index in [1.165, 1.54) is 29.8 Å². The molecule has 0 atom stereocenters. The molecule has 8 heteroatoms. The molecule has 1 heterocycles. The van der Waals surface area contributed by atoms with Gasteiger partial charge in [0.1, 0.15) is 0 Å². The summed E-state index contributed by atoms with van der Waals surface area (Å²) in [5, 5.41) is 4.37. The van der Waals surface area contributed by atoms with E-state index in [1.54, 1.807) is 0 Å². The van der Waals surface area contributed by atoms with Gasteiger partial charge in [-0.05, 0) is 35.7 Å². The molecule has 0 saturated heterocycles. The molecular formula is C18H18ClN3O3S. The topological polar surface area (TPSA) is 85.1 Å². The van der Waals surface area contributed by atoms with E-state index in [4.69, 9.17) is 16.1 Å². The molecule has 0 unspecified atom stereocenters. The SMILES string of the molecule is CC(C)c1ccc(-c2noc(CNS(=O)(=O)c3ccc(Cl)cc3)n2)cc1. The molecule has 3 aromatic rings. The number of nitrogens with zero attached hydrogens (tertiary/aromatic N) is 2. The largest absolute Gasteiger partial charge is 0.338 e. The first-order chi connectivity index (χ1) is 12.3. The van der Waals surface area contributed by atoms with Crippen molar-refractivity contribution < 1.29 is 12.9 Å². The summed E-state index contributed by atoms with van der Waals surface area (Å²) in [6.07, 6.45) is 0. The maximum absolute atomic E-state index is 12.3. The van der Waals surface area contributed by atoms with Gasteiger partial charge >= 0.3 is 0 Å². The predicted molar refractivity (Wildman–Crippen MR) is 99.3 cm³/mol. The lowest BCUT2D eigenvalue weighted by Gasteiger charge is -2.04. The van der Waals surface area contributed by atoms with Crippen molar-refractivity contribution in [3.8, 4) is 11.4 Å². The van der Waals surface area contributed by atoms with Crippen molar-refractivity contribution in [3.63, 3.8) is 0 Å². The van der Waals surface area contributed by atoms with Crippen LogP contribution < -0.4 is 4.72 Å². The second kappa shape index (κ2) is 7.57. The molecule has 0 amide bonds. The molecule has 0 radical (unpaired) electrons. The summed E-state index contributed by atoms with van der Waals surface area (Å²) < 4.78 is 32.1. The van der Waals surface area contributed by atoms with Crippen LogP contribution in [0.5, 0.6) is 0 Å². The second-order valence-corrected chi connectivity index (χ2v) is 8.27. The molecular weight excluding hydrogens is 374 g/mol. The summed E-state index contributed by atoms with van der Waals surface area (Å²) in [6.45, 7) is 4.14. The van der Waals surface area contributed by atoms with Crippen LogP contribution in [0.4, 0.5) is 0 Å². The second-order valence-electron chi connectivity index (χ2n) is 6.07. The lowest BCUT2D eigenvalue weighted by molar-refractivity contribution is 0.376. The third-order valence-corrected chi connectivity index (χ3v) is 5.51. The molecule has 0 saturated carbocycles. The third kappa shape index (κ3) is 4.30. The Morgan fingerprint density at radius 3 is 2.35 bits per heavy atom. The van der Waals surface area contributed by atoms with Crippen LogP contribution in [0, 0.1) is 0 Å². The highest BCUT2D eigenvalue weighted by atomic mass is 35.5. The Labute approximate surface area is 157 Å². The van der Waals surface area contributed by atoms with E-state index in [0.29, 0.717) is 16.8 Å². The monoisotopic (exact) mass is 391 g/mol. The summed E-state index contributed by atoms with van der Waals surface area (Å²) in [4.78, 5) is 4.36. The maximum Gasteiger partial charge on any atom is 0.242 e. The number of hydrogen-bond donors (Lipinski definition) is 1. The highest BCUT2D eigenvalue weighted by molar-refractivity contribution is 7.89. The van der Waals surface area contributed by atoms with Crippen LogP contribution in [-0.4, -0.2) is 18.6 Å². The van der Waals surface area contributed by atoms with Crippen LogP contribution in [0.2, 0.25) is 5.02 Å². The number of rotatable bonds is 6. The number of halogens is 1. The van der Waals surface area contributed by atoms with Crippen molar-refractivity contribution in [3.05, 3.63) is 65.0 Å². The highest BCUT2D eigenvalue weighted by Crippen LogP contribution is 2.21. The fourth-order valence-electron chi connectivity index (χ4n) is 2.31. The normalized spacial score (nSPS) is 11.8. The first-order valence-electron chi connectivity index (χ1n) is 8.03. The zero-order valence-electron chi connectivity index (χ0n) is 14.3. The fraction of sp³-hybridized carbons (Fsp3) is 0.222. The molecule has 0 aliphatic heterocycles. The van der Waals surface area contributed by atoms with E-state index in [2.05, 4.69) is 28.7 Å². The Balaban J connectivity index is 1.69. The van der Waals surface area contributed by atoms with Crippen LogP contribution in [0.15, 0.2) is 57.9 Å². The lowest BCUT2D eigenvalue weighted by Crippen LogP contribution is -2.23. The van der Waals surface area contributed by atoms with E-state index in [0.717, 1.165) is 5.56 Å². The minimum Gasteiger partial charge on any atom is -0.338 e. The molecule has 0 fully saturated rings. The highest BCUT2D eigenvalue weighted by Gasteiger charge is 2.16. The van der Waals surface area contributed by atoms with Crippen molar-refractivity contribution in [1.82, 2.24) is 14.9 Å². The zero-order valence-corrected chi connectivity index (χ0v) is 15.9. The van der Waals surface area contributed by atoms with Gasteiger partial charge in [-0.1, -0.05) is 54.9 Å². The molecule has 26 heavy (non-hydrogen) atoms. The molecule has 136 valence electrons. The molecule has 2 aromatic carbocycles. The van der Waals surface area contributed by atoms with Gasteiger partial charge in [0, 0.05) is 10.6 Å². The molecule has 0 aliphatic rings. The first kappa shape index (κ1) is 18.6. The lowest BCUT2D eigenvalue weighted by atomic mass is 10.0. The number of sulfonamides is 1. The number of nitrogens with one attached hydrogen (secondary N) is 1. The standard InChI is InChI=1S/C18H18ClN3O3S/c1-12(2)13-3-5-14(6-4-13)18-21-17(25-22-18)11-20-26(23,24)16-9-7-15(19)8-10-16/h3-10,12,20H,11H2,1-2H3. The zero-order chi connectivity index (χ0) is 18.7. The Morgan fingerprint density at radius 2 is 1.73 bits per heavy atom. The molecule has 0 bridgehead atoms. The van der Waals surface area contributed by atoms with E-state index in [1.807, 2.05) is 24.3 Å². The van der Waals surface area contributed by atoms with Crippen molar-refractivity contribution in [2.24, 2.45) is 0 Å². The van der Waals surface area contributed by atoms with Crippen molar-refractivity contribution in [1.29, 1.82) is 0 Å². The number of aromatic nitrogens is 2. The molecule has 1 N–H and O–H groups in total. The summed E-state index contributed by atoms with van der Waals surface area (Å²) in [5.41, 5.74) is 2.03. The summed E-state index contributed by atoms with van der Waals surface area (Å²) in [5.74, 6) is 1.04. The molecule has 0 aliphatic carbocycles. The van der Waals surface area contributed by atoms with Crippen LogP contribution in [0.25, 0.3) is 11.4 Å². The summed E-state index contributed by atoms with van der Waals surface area (Å²) in [6, 6.07) is 13.8. The van der Waals surface area contributed by atoms with Gasteiger partial charge in [0.2, 0.25) is 21.7 Å². The minimum absolute atomic E-state index is 0.0952. The van der Waals surface area contributed by atoms with Gasteiger partial charge in [0.25, 0.3) is 0 Å². The Morgan fingerprint density at radius 1 is 1.08 bits per heavy atom. The average Bonchev–Trinajstić information content (AvgIpc) is 3.10. The molecule has 1 aromatic heterocycles. The van der Waals surface area contributed by atoms with E-state index in [9.17, 15) is 8.42 Å². The fourth-order valence-corrected chi connectivity index (χ4v) is 3.42. The molecule has 3 rings (SSSR count). The minimum atomic E-state index is -3.68. The van der Waals surface area contributed by atoms with Crippen LogP contribution in [0.3, 0.4) is 0 Å². The first-order valence-corrected chi connectivity index (χ1v) is 9.89. The predicted octanol–water partition coefficient (Wildman–Crippen LogP) is 3.99. The van der Waals surface area contributed by atoms with Gasteiger partial charge in [-0.2, -0.15) is 4.98 Å². The summed E-state index contributed by atoms with van der Waals surface area (Å²) in [7, 11) is -3.68. The number of benzene rings is 2. The number of hydrogen-bond acceptors (Lipinski definition) is 5. The van der Waals surface area contributed by atoms with Crippen molar-refractivity contribution >= 4 is 21.6 Å². The van der Waals surface area contributed by atoms with E-state index < -0.39 is 10.0 Å². The van der Waals surface area contributed by atoms with Gasteiger partial charge in [0.15, 0.2) is 0 Å². The van der Waals surface area contributed by atoms with Gasteiger partial charge < -0.3 is 4.52 Å². The smallest absolute Gasteiger partial charge is 0.242 e. The van der Waals surface area contributed by atoms with Crippen LogP contribution >= 0.6 is 11.6 Å². The van der Waals surface area contributed by atoms with Crippen molar-refractivity contribution in [2.75, 3.05) is 0 Å².